The first-order chi connectivity index (χ1) is 11.4. The number of rotatable bonds is 8. The molecule has 2 aromatic heterocycles. The van der Waals surface area contributed by atoms with Gasteiger partial charge < -0.3 is 5.32 Å². The fraction of sp³-hybridized carbons (Fsp3) is 0.611. The lowest BCUT2D eigenvalue weighted by atomic mass is 10.0. The van der Waals surface area contributed by atoms with Crippen LogP contribution in [0.25, 0.3) is 10.2 Å². The fourth-order valence-corrected chi connectivity index (χ4v) is 4.54. The molecule has 1 amide bonds. The van der Waals surface area contributed by atoms with Gasteiger partial charge in [-0.25, -0.2) is 9.97 Å². The molecule has 2 aromatic rings. The van der Waals surface area contributed by atoms with Crippen LogP contribution >= 0.6 is 23.1 Å². The number of aromatic nitrogens is 2. The summed E-state index contributed by atoms with van der Waals surface area (Å²) in [6.45, 7) is 10.7. The third-order valence-electron chi connectivity index (χ3n) is 4.10. The summed E-state index contributed by atoms with van der Waals surface area (Å²) in [5, 5.41) is 5.10. The third kappa shape index (κ3) is 5.18. The van der Waals surface area contributed by atoms with E-state index in [9.17, 15) is 4.79 Å². The molecule has 2 rings (SSSR count). The van der Waals surface area contributed by atoms with Crippen LogP contribution in [0, 0.1) is 19.8 Å². The van der Waals surface area contributed by atoms with Crippen LogP contribution in [0.2, 0.25) is 0 Å². The SMILES string of the molecule is Cc1sc2ncnc(SCC(=O)NC(C)CCCC(C)C)c2c1C. The standard InChI is InChI=1S/C18H27N3OS2/c1-11(2)7-6-8-12(3)21-15(22)9-23-17-16-13(4)14(5)24-18(16)20-10-19-17/h10-12H,6-9H2,1-5H3,(H,21,22). The lowest BCUT2D eigenvalue weighted by Gasteiger charge is -2.14. The van der Waals surface area contributed by atoms with Crippen molar-refractivity contribution in [1.29, 1.82) is 0 Å². The Morgan fingerprint density at radius 1 is 1.25 bits per heavy atom. The molecule has 2 heterocycles. The van der Waals surface area contributed by atoms with Crippen molar-refractivity contribution in [2.45, 2.75) is 64.9 Å². The summed E-state index contributed by atoms with van der Waals surface area (Å²) in [5.41, 5.74) is 1.22. The molecule has 1 unspecified atom stereocenters. The zero-order chi connectivity index (χ0) is 17.7. The fourth-order valence-electron chi connectivity index (χ4n) is 2.61. The number of thiophene rings is 1. The second-order valence-corrected chi connectivity index (χ2v) is 8.89. The van der Waals surface area contributed by atoms with Crippen LogP contribution in [-0.4, -0.2) is 27.7 Å². The summed E-state index contributed by atoms with van der Waals surface area (Å²) in [7, 11) is 0. The Morgan fingerprint density at radius 2 is 2.00 bits per heavy atom. The number of aryl methyl sites for hydroxylation is 2. The summed E-state index contributed by atoms with van der Waals surface area (Å²) in [4.78, 5) is 23.2. The second kappa shape index (κ2) is 8.81. The summed E-state index contributed by atoms with van der Waals surface area (Å²) in [5.74, 6) is 1.20. The molecule has 0 aliphatic carbocycles. The average Bonchev–Trinajstić information content (AvgIpc) is 2.80. The van der Waals surface area contributed by atoms with Crippen molar-refractivity contribution in [1.82, 2.24) is 15.3 Å². The van der Waals surface area contributed by atoms with E-state index in [2.05, 4.69) is 49.9 Å². The van der Waals surface area contributed by atoms with Gasteiger partial charge in [0, 0.05) is 16.3 Å². The van der Waals surface area contributed by atoms with Crippen LogP contribution in [0.4, 0.5) is 0 Å². The lowest BCUT2D eigenvalue weighted by molar-refractivity contribution is -0.119. The molecule has 4 nitrogen and oxygen atoms in total. The topological polar surface area (TPSA) is 54.9 Å². The van der Waals surface area contributed by atoms with E-state index in [0.717, 1.165) is 34.0 Å². The summed E-state index contributed by atoms with van der Waals surface area (Å²) >= 11 is 3.18. The number of thioether (sulfide) groups is 1. The van der Waals surface area contributed by atoms with Crippen molar-refractivity contribution >= 4 is 39.2 Å². The van der Waals surface area contributed by atoms with Gasteiger partial charge in [0.25, 0.3) is 0 Å². The number of nitrogens with zero attached hydrogens (tertiary/aromatic N) is 2. The Morgan fingerprint density at radius 3 is 2.71 bits per heavy atom. The van der Waals surface area contributed by atoms with Gasteiger partial charge in [0.05, 0.1) is 5.75 Å². The number of hydrogen-bond donors (Lipinski definition) is 1. The van der Waals surface area contributed by atoms with E-state index in [4.69, 9.17) is 0 Å². The molecular weight excluding hydrogens is 338 g/mol. The van der Waals surface area contributed by atoms with Crippen molar-refractivity contribution < 1.29 is 4.79 Å². The quantitative estimate of drug-likeness (QED) is 0.543. The third-order valence-corrected chi connectivity index (χ3v) is 6.20. The van der Waals surface area contributed by atoms with Crippen molar-refractivity contribution in [2.24, 2.45) is 5.92 Å². The highest BCUT2D eigenvalue weighted by atomic mass is 32.2. The zero-order valence-electron chi connectivity index (χ0n) is 15.2. The number of carbonyl (C=O) groups is 1. The van der Waals surface area contributed by atoms with E-state index < -0.39 is 0 Å². The van der Waals surface area contributed by atoms with Crippen molar-refractivity contribution in [3.63, 3.8) is 0 Å². The minimum Gasteiger partial charge on any atom is -0.353 e. The smallest absolute Gasteiger partial charge is 0.230 e. The molecule has 24 heavy (non-hydrogen) atoms. The molecule has 0 saturated carbocycles. The first-order valence-electron chi connectivity index (χ1n) is 8.51. The van der Waals surface area contributed by atoms with Crippen LogP contribution in [0.1, 0.15) is 50.5 Å². The molecule has 6 heteroatoms. The first-order valence-corrected chi connectivity index (χ1v) is 10.3. The lowest BCUT2D eigenvalue weighted by Crippen LogP contribution is -2.33. The maximum atomic E-state index is 12.2. The van der Waals surface area contributed by atoms with Gasteiger partial charge in [0.2, 0.25) is 5.91 Å². The van der Waals surface area contributed by atoms with Gasteiger partial charge >= 0.3 is 0 Å². The molecular formula is C18H27N3OS2. The predicted octanol–water partition coefficient (Wildman–Crippen LogP) is 4.73. The zero-order valence-corrected chi connectivity index (χ0v) is 16.8. The highest BCUT2D eigenvalue weighted by molar-refractivity contribution is 8.00. The Bertz CT molecular complexity index is 697. The van der Waals surface area contributed by atoms with Crippen molar-refractivity contribution in [3.05, 3.63) is 16.8 Å². The van der Waals surface area contributed by atoms with Crippen LogP contribution in [0.3, 0.4) is 0 Å². The number of nitrogens with one attached hydrogen (secondary N) is 1. The Kier molecular flexibility index (Phi) is 7.04. The maximum Gasteiger partial charge on any atom is 0.230 e. The van der Waals surface area contributed by atoms with E-state index in [1.165, 1.54) is 28.6 Å². The largest absolute Gasteiger partial charge is 0.353 e. The molecule has 0 saturated heterocycles. The number of amides is 1. The molecule has 0 bridgehead atoms. The predicted molar refractivity (Wildman–Crippen MR) is 104 cm³/mol. The maximum absolute atomic E-state index is 12.2. The molecule has 0 aliphatic heterocycles. The summed E-state index contributed by atoms with van der Waals surface area (Å²) < 4.78 is 0. The Balaban J connectivity index is 1.88. The van der Waals surface area contributed by atoms with E-state index in [0.29, 0.717) is 5.75 Å². The van der Waals surface area contributed by atoms with Crippen LogP contribution in [0.15, 0.2) is 11.4 Å². The summed E-state index contributed by atoms with van der Waals surface area (Å²) in [6, 6.07) is 0.229. The molecule has 0 fully saturated rings. The van der Waals surface area contributed by atoms with Gasteiger partial charge in [-0.05, 0) is 38.7 Å². The first kappa shape index (κ1) is 19.2. The van der Waals surface area contributed by atoms with E-state index in [-0.39, 0.29) is 11.9 Å². The summed E-state index contributed by atoms with van der Waals surface area (Å²) in [6.07, 6.45) is 5.00. The van der Waals surface area contributed by atoms with Crippen LogP contribution in [0.5, 0.6) is 0 Å². The molecule has 132 valence electrons. The van der Waals surface area contributed by atoms with Gasteiger partial charge in [-0.1, -0.05) is 38.5 Å². The highest BCUT2D eigenvalue weighted by Crippen LogP contribution is 2.34. The molecule has 1 atom stereocenters. The number of carbonyl (C=O) groups excluding carboxylic acids is 1. The van der Waals surface area contributed by atoms with Gasteiger partial charge in [0.1, 0.15) is 16.2 Å². The minimum atomic E-state index is 0.0772. The second-order valence-electron chi connectivity index (χ2n) is 6.72. The number of fused-ring (bicyclic) bond motifs is 1. The molecule has 0 radical (unpaired) electrons. The Labute approximate surface area is 152 Å². The minimum absolute atomic E-state index is 0.0772. The molecule has 0 aromatic carbocycles. The normalized spacial score (nSPS) is 12.8. The van der Waals surface area contributed by atoms with E-state index >= 15 is 0 Å². The van der Waals surface area contributed by atoms with Gasteiger partial charge in [-0.15, -0.1) is 11.3 Å². The number of hydrogen-bond acceptors (Lipinski definition) is 5. The van der Waals surface area contributed by atoms with E-state index in [1.54, 1.807) is 17.7 Å². The van der Waals surface area contributed by atoms with Crippen LogP contribution in [-0.2, 0) is 4.79 Å². The van der Waals surface area contributed by atoms with Crippen LogP contribution < -0.4 is 5.32 Å². The van der Waals surface area contributed by atoms with Crippen molar-refractivity contribution in [3.8, 4) is 0 Å². The van der Waals surface area contributed by atoms with Gasteiger partial charge in [-0.3, -0.25) is 4.79 Å². The van der Waals surface area contributed by atoms with Crippen molar-refractivity contribution in [2.75, 3.05) is 5.75 Å². The Hall–Kier alpha value is -1.14. The highest BCUT2D eigenvalue weighted by Gasteiger charge is 2.14. The van der Waals surface area contributed by atoms with E-state index in [1.807, 2.05) is 0 Å². The average molecular weight is 366 g/mol. The monoisotopic (exact) mass is 365 g/mol. The van der Waals surface area contributed by atoms with Gasteiger partial charge in [-0.2, -0.15) is 0 Å². The molecule has 0 aliphatic rings. The molecule has 0 spiro atoms. The van der Waals surface area contributed by atoms with Gasteiger partial charge in [0.15, 0.2) is 0 Å². The molecule has 1 N–H and O–H groups in total.